The number of carbonyl (C=O) groups excluding carboxylic acids is 1. The van der Waals surface area contributed by atoms with Crippen molar-refractivity contribution in [3.05, 3.63) is 107 Å². The number of hydrogen-bond donors (Lipinski definition) is 4. The van der Waals surface area contributed by atoms with Crippen LogP contribution in [0.15, 0.2) is 84.9 Å². The Hall–Kier alpha value is -4.96. The number of hydrogen-bond acceptors (Lipinski definition) is 6. The first kappa shape index (κ1) is 28.1. The van der Waals surface area contributed by atoms with Crippen LogP contribution < -0.4 is 10.1 Å². The van der Waals surface area contributed by atoms with Gasteiger partial charge in [0.15, 0.2) is 11.8 Å². The van der Waals surface area contributed by atoms with Crippen molar-refractivity contribution in [2.24, 2.45) is 0 Å². The smallest absolute Gasteiger partial charge is 0.354 e. The summed E-state index contributed by atoms with van der Waals surface area (Å²) < 4.78 is 6.42. The van der Waals surface area contributed by atoms with Crippen LogP contribution in [0.3, 0.4) is 0 Å². The van der Waals surface area contributed by atoms with Gasteiger partial charge in [-0.05, 0) is 40.8 Å². The maximum absolute atomic E-state index is 13.1. The number of nitrogens with zero attached hydrogens (tertiary/aromatic N) is 2. The van der Waals surface area contributed by atoms with Crippen LogP contribution in [0.2, 0.25) is 0 Å². The van der Waals surface area contributed by atoms with Gasteiger partial charge in [-0.1, -0.05) is 66.7 Å². The zero-order valence-electron chi connectivity index (χ0n) is 21.7. The largest absolute Gasteiger partial charge is 0.497 e. The molecule has 10 nitrogen and oxygen atoms in total. The third-order valence-corrected chi connectivity index (χ3v) is 6.37. The third-order valence-electron chi connectivity index (χ3n) is 6.37. The number of aliphatic hydroxyl groups excluding tert-OH is 1. The van der Waals surface area contributed by atoms with Gasteiger partial charge in [0.25, 0.3) is 5.91 Å². The van der Waals surface area contributed by atoms with Crippen molar-refractivity contribution in [1.82, 2.24) is 15.1 Å². The molecule has 1 amide bonds. The van der Waals surface area contributed by atoms with Crippen molar-refractivity contribution in [3.8, 4) is 16.9 Å². The summed E-state index contributed by atoms with van der Waals surface area (Å²) in [4.78, 5) is 36.4. The first-order chi connectivity index (χ1) is 19.2. The molecule has 4 aromatic rings. The van der Waals surface area contributed by atoms with E-state index < -0.39 is 30.0 Å². The molecule has 2 atom stereocenters. The molecule has 10 heteroatoms. The highest BCUT2D eigenvalue weighted by Gasteiger charge is 2.25. The normalized spacial score (nSPS) is 12.3. The molecule has 0 bridgehead atoms. The van der Waals surface area contributed by atoms with Crippen molar-refractivity contribution in [2.75, 3.05) is 7.11 Å². The van der Waals surface area contributed by atoms with Gasteiger partial charge in [0.05, 0.1) is 13.7 Å². The molecule has 1 unspecified atom stereocenters. The quantitative estimate of drug-likeness (QED) is 0.212. The molecular weight excluding hydrogens is 514 g/mol. The van der Waals surface area contributed by atoms with Crippen molar-refractivity contribution in [3.63, 3.8) is 0 Å². The number of benzene rings is 3. The SMILES string of the molecule is COc1cccc(Cn2nc(C(=O)N[C@H](Cc3ccc(-c4ccccc4)cc3)CC(O)C(=O)O)cc2C(=O)O)c1. The van der Waals surface area contributed by atoms with E-state index in [9.17, 15) is 29.7 Å². The summed E-state index contributed by atoms with van der Waals surface area (Å²) in [6.45, 7) is 0.0844. The van der Waals surface area contributed by atoms with Crippen molar-refractivity contribution in [2.45, 2.75) is 31.5 Å². The minimum absolute atomic E-state index is 0.0844. The van der Waals surface area contributed by atoms with Crippen LogP contribution in [0, 0.1) is 0 Å². The fraction of sp³-hybridized carbons (Fsp3) is 0.200. The first-order valence-electron chi connectivity index (χ1n) is 12.5. The number of carbonyl (C=O) groups is 3. The highest BCUT2D eigenvalue weighted by atomic mass is 16.5. The number of aromatic nitrogens is 2. The predicted molar refractivity (Wildman–Crippen MR) is 146 cm³/mol. The van der Waals surface area contributed by atoms with E-state index in [0.29, 0.717) is 5.75 Å². The van der Waals surface area contributed by atoms with E-state index in [0.717, 1.165) is 28.3 Å². The van der Waals surface area contributed by atoms with E-state index in [-0.39, 0.29) is 30.8 Å². The average molecular weight is 544 g/mol. The number of ether oxygens (including phenoxy) is 1. The number of rotatable bonds is 12. The maximum Gasteiger partial charge on any atom is 0.354 e. The topological polar surface area (TPSA) is 151 Å². The molecule has 1 aromatic heterocycles. The van der Waals surface area contributed by atoms with Crippen molar-refractivity contribution < 1.29 is 34.4 Å². The number of nitrogens with one attached hydrogen (secondary N) is 1. The minimum Gasteiger partial charge on any atom is -0.497 e. The van der Waals surface area contributed by atoms with Crippen LogP contribution in [-0.4, -0.2) is 62.2 Å². The van der Waals surface area contributed by atoms with E-state index in [2.05, 4.69) is 10.4 Å². The molecule has 3 aromatic carbocycles. The number of aliphatic carboxylic acids is 1. The molecule has 206 valence electrons. The van der Waals surface area contributed by atoms with Gasteiger partial charge >= 0.3 is 11.9 Å². The highest BCUT2D eigenvalue weighted by Crippen LogP contribution is 2.21. The van der Waals surface area contributed by atoms with Gasteiger partial charge in [0, 0.05) is 18.5 Å². The summed E-state index contributed by atoms with van der Waals surface area (Å²) in [5, 5.41) is 35.9. The molecule has 0 aliphatic rings. The lowest BCUT2D eigenvalue weighted by molar-refractivity contribution is -0.147. The van der Waals surface area contributed by atoms with Gasteiger partial charge in [-0.25, -0.2) is 9.59 Å². The number of carboxylic acids is 2. The molecule has 4 N–H and O–H groups in total. The maximum atomic E-state index is 13.1. The number of aromatic carboxylic acids is 1. The molecule has 0 fully saturated rings. The fourth-order valence-electron chi connectivity index (χ4n) is 4.34. The number of amides is 1. The monoisotopic (exact) mass is 543 g/mol. The van der Waals surface area contributed by atoms with E-state index >= 15 is 0 Å². The predicted octanol–water partition coefficient (Wildman–Crippen LogP) is 3.48. The standard InChI is InChI=1S/C30H29N3O7/c1-40-24-9-5-6-20(15-24)18-33-26(29(36)37)17-25(32-33)28(35)31-23(16-27(34)30(38)39)14-19-10-12-22(13-11-19)21-7-3-2-4-8-21/h2-13,15,17,23,27,34H,14,16,18H2,1H3,(H,31,35)(H,36,37)(H,38,39)/t23-,27?/m1/s1. The molecular formula is C30H29N3O7. The second kappa shape index (κ2) is 12.7. The number of aliphatic hydroxyl groups is 1. The van der Waals surface area contributed by atoms with Gasteiger partial charge in [0.2, 0.25) is 0 Å². The van der Waals surface area contributed by atoms with Crippen LogP contribution in [0.1, 0.15) is 38.5 Å². The lowest BCUT2D eigenvalue weighted by Crippen LogP contribution is -2.40. The van der Waals surface area contributed by atoms with E-state index in [1.165, 1.54) is 11.8 Å². The Balaban J connectivity index is 1.53. The first-order valence-corrected chi connectivity index (χ1v) is 12.5. The van der Waals surface area contributed by atoms with Crippen molar-refractivity contribution in [1.29, 1.82) is 0 Å². The lowest BCUT2D eigenvalue weighted by Gasteiger charge is -2.20. The summed E-state index contributed by atoms with van der Waals surface area (Å²) in [6, 6.07) is 24.8. The second-order valence-electron chi connectivity index (χ2n) is 9.26. The molecule has 1 heterocycles. The molecule has 4 rings (SSSR count). The Morgan fingerprint density at radius 3 is 2.25 bits per heavy atom. The van der Waals surface area contributed by atoms with Crippen LogP contribution in [0.25, 0.3) is 11.1 Å². The van der Waals surface area contributed by atoms with Crippen LogP contribution in [0.5, 0.6) is 5.75 Å². The molecule has 0 radical (unpaired) electrons. The molecule has 0 saturated carbocycles. The van der Waals surface area contributed by atoms with Gasteiger partial charge in [-0.2, -0.15) is 5.10 Å². The summed E-state index contributed by atoms with van der Waals surface area (Å²) in [5.74, 6) is -2.76. The summed E-state index contributed by atoms with van der Waals surface area (Å²) >= 11 is 0. The number of methoxy groups -OCH3 is 1. The Morgan fingerprint density at radius 1 is 0.900 bits per heavy atom. The van der Waals surface area contributed by atoms with Crippen LogP contribution in [0.4, 0.5) is 0 Å². The average Bonchev–Trinajstić information content (AvgIpc) is 3.38. The second-order valence-corrected chi connectivity index (χ2v) is 9.26. The Labute approximate surface area is 230 Å². The lowest BCUT2D eigenvalue weighted by atomic mass is 9.97. The summed E-state index contributed by atoms with van der Waals surface area (Å²) in [5.41, 5.74) is 3.24. The Morgan fingerprint density at radius 2 is 1.60 bits per heavy atom. The van der Waals surface area contributed by atoms with Gasteiger partial charge in [0.1, 0.15) is 11.4 Å². The summed E-state index contributed by atoms with van der Waals surface area (Å²) in [6.07, 6.45) is -1.71. The Kier molecular flexibility index (Phi) is 8.93. The third kappa shape index (κ3) is 7.12. The highest BCUT2D eigenvalue weighted by molar-refractivity contribution is 5.95. The van der Waals surface area contributed by atoms with E-state index in [1.54, 1.807) is 24.3 Å². The van der Waals surface area contributed by atoms with E-state index in [4.69, 9.17) is 4.74 Å². The van der Waals surface area contributed by atoms with Gasteiger partial charge < -0.3 is 25.4 Å². The van der Waals surface area contributed by atoms with E-state index in [1.807, 2.05) is 54.6 Å². The fourth-order valence-corrected chi connectivity index (χ4v) is 4.34. The van der Waals surface area contributed by atoms with Crippen LogP contribution >= 0.6 is 0 Å². The molecule has 0 aliphatic carbocycles. The van der Waals surface area contributed by atoms with Crippen LogP contribution in [-0.2, 0) is 17.8 Å². The Bertz CT molecular complexity index is 1480. The van der Waals surface area contributed by atoms with Gasteiger partial charge in [-0.15, -0.1) is 0 Å². The van der Waals surface area contributed by atoms with Gasteiger partial charge in [-0.3, -0.25) is 9.48 Å². The molecule has 40 heavy (non-hydrogen) atoms. The minimum atomic E-state index is -1.70. The zero-order valence-corrected chi connectivity index (χ0v) is 21.7. The molecule has 0 aliphatic heterocycles. The van der Waals surface area contributed by atoms with Crippen molar-refractivity contribution >= 4 is 17.8 Å². The molecule has 0 saturated heterocycles. The zero-order chi connectivity index (χ0) is 28.6. The molecule has 0 spiro atoms. The summed E-state index contributed by atoms with van der Waals surface area (Å²) in [7, 11) is 1.52. The number of carboxylic acid groups (broad SMARTS) is 2.